The van der Waals surface area contributed by atoms with E-state index in [9.17, 15) is 13.2 Å². The van der Waals surface area contributed by atoms with Crippen LogP contribution < -0.4 is 14.8 Å². The Hall–Kier alpha value is -3.96. The van der Waals surface area contributed by atoms with Crippen LogP contribution in [0.25, 0.3) is 22.6 Å². The zero-order valence-electron chi connectivity index (χ0n) is 21.0. The van der Waals surface area contributed by atoms with Crippen molar-refractivity contribution in [3.05, 3.63) is 66.4 Å². The molecule has 10 nitrogen and oxygen atoms in total. The van der Waals surface area contributed by atoms with E-state index < -0.39 is 9.84 Å². The number of pyridine rings is 1. The summed E-state index contributed by atoms with van der Waals surface area (Å²) < 4.78 is 40.7. The molecule has 198 valence electrons. The molecule has 0 spiro atoms. The molecule has 4 aromatic rings. The van der Waals surface area contributed by atoms with Crippen molar-refractivity contribution in [1.82, 2.24) is 20.3 Å². The lowest BCUT2D eigenvalue weighted by Crippen LogP contribution is -2.35. The van der Waals surface area contributed by atoms with Crippen molar-refractivity contribution in [2.75, 3.05) is 25.2 Å². The number of aromatic amines is 1. The average molecular weight is 537 g/mol. The van der Waals surface area contributed by atoms with Crippen LogP contribution in [-0.4, -0.2) is 66.6 Å². The first-order valence-electron chi connectivity index (χ1n) is 12.2. The molecule has 1 aliphatic heterocycles. The van der Waals surface area contributed by atoms with Gasteiger partial charge in [0.1, 0.15) is 34.7 Å². The molecule has 38 heavy (non-hydrogen) atoms. The van der Waals surface area contributed by atoms with Gasteiger partial charge in [-0.05, 0) is 61.9 Å². The molecule has 1 fully saturated rings. The predicted molar refractivity (Wildman–Crippen MR) is 142 cm³/mol. The van der Waals surface area contributed by atoms with Gasteiger partial charge in [0.05, 0.1) is 18.1 Å². The number of hydrogen-bond acceptors (Lipinski definition) is 8. The first kappa shape index (κ1) is 25.7. The standard InChI is InChI=1S/C27H28N4O6S/c1-17(15-35-2)36-22-12-19(25-30-24-4-3-10-28-26(24)31-25)13-23(14-22)37-21-7-5-18(6-8-21)27(32)29-20-9-11-38(33,34)16-20/h3-8,10,12-14,17,20H,9,11,15-16H2,1-2H3,(H,29,32)(H,28,30,31)/t17-,20?/m0/s1. The molecule has 11 heteroatoms. The minimum atomic E-state index is -3.07. The van der Waals surface area contributed by atoms with Gasteiger partial charge >= 0.3 is 0 Å². The smallest absolute Gasteiger partial charge is 0.251 e. The number of amides is 1. The van der Waals surface area contributed by atoms with E-state index >= 15 is 0 Å². The predicted octanol–water partition coefficient (Wildman–Crippen LogP) is 3.75. The summed E-state index contributed by atoms with van der Waals surface area (Å²) >= 11 is 0. The van der Waals surface area contributed by atoms with E-state index in [1.54, 1.807) is 43.6 Å². The highest BCUT2D eigenvalue weighted by Crippen LogP contribution is 2.33. The van der Waals surface area contributed by atoms with Crippen LogP contribution in [-0.2, 0) is 14.6 Å². The zero-order valence-corrected chi connectivity index (χ0v) is 21.8. The van der Waals surface area contributed by atoms with Gasteiger partial charge in [-0.2, -0.15) is 0 Å². The number of H-pyrrole nitrogens is 1. The number of rotatable bonds is 9. The molecule has 3 heterocycles. The molecule has 2 aromatic heterocycles. The highest BCUT2D eigenvalue weighted by atomic mass is 32.2. The number of ether oxygens (including phenoxy) is 3. The average Bonchev–Trinajstić information content (AvgIpc) is 3.47. The SMILES string of the molecule is COC[C@H](C)Oc1cc(Oc2ccc(C(=O)NC3CCS(=O)(=O)C3)cc2)cc(-c2nc3cccnc3[nH]2)c1. The minimum absolute atomic E-state index is 0.0228. The Morgan fingerprint density at radius 3 is 2.63 bits per heavy atom. The number of benzene rings is 2. The molecule has 0 bridgehead atoms. The van der Waals surface area contributed by atoms with Gasteiger partial charge in [0.15, 0.2) is 15.5 Å². The third kappa shape index (κ3) is 6.12. The van der Waals surface area contributed by atoms with Crippen molar-refractivity contribution in [3.8, 4) is 28.6 Å². The van der Waals surface area contributed by atoms with Crippen LogP contribution in [0.5, 0.6) is 17.2 Å². The molecular weight excluding hydrogens is 508 g/mol. The lowest BCUT2D eigenvalue weighted by atomic mass is 10.1. The highest BCUT2D eigenvalue weighted by Gasteiger charge is 2.29. The minimum Gasteiger partial charge on any atom is -0.488 e. The summed E-state index contributed by atoms with van der Waals surface area (Å²) in [5.74, 6) is 2.00. The summed E-state index contributed by atoms with van der Waals surface area (Å²) in [6.45, 7) is 2.33. The lowest BCUT2D eigenvalue weighted by Gasteiger charge is -2.16. The van der Waals surface area contributed by atoms with Crippen molar-refractivity contribution in [2.24, 2.45) is 0 Å². The van der Waals surface area contributed by atoms with Gasteiger partial charge in [0.2, 0.25) is 0 Å². The monoisotopic (exact) mass is 536 g/mol. The van der Waals surface area contributed by atoms with E-state index in [1.807, 2.05) is 31.2 Å². The Morgan fingerprint density at radius 2 is 1.92 bits per heavy atom. The fourth-order valence-electron chi connectivity index (χ4n) is 4.31. The summed E-state index contributed by atoms with van der Waals surface area (Å²) in [5.41, 5.74) is 2.59. The van der Waals surface area contributed by atoms with Crippen LogP contribution in [0, 0.1) is 0 Å². The molecule has 0 radical (unpaired) electrons. The largest absolute Gasteiger partial charge is 0.488 e. The molecule has 2 aromatic carbocycles. The van der Waals surface area contributed by atoms with Crippen LogP contribution in [0.4, 0.5) is 0 Å². The van der Waals surface area contributed by atoms with Gasteiger partial charge < -0.3 is 24.5 Å². The summed E-state index contributed by atoms with van der Waals surface area (Å²) in [5, 5.41) is 2.79. The summed E-state index contributed by atoms with van der Waals surface area (Å²) in [4.78, 5) is 24.7. The van der Waals surface area contributed by atoms with Crippen molar-refractivity contribution < 1.29 is 27.4 Å². The Bertz CT molecular complexity index is 1520. The lowest BCUT2D eigenvalue weighted by molar-refractivity contribution is 0.0920. The second kappa shape index (κ2) is 10.8. The fraction of sp³-hybridized carbons (Fsp3) is 0.296. The van der Waals surface area contributed by atoms with Gasteiger partial charge in [-0.3, -0.25) is 4.79 Å². The molecule has 1 unspecified atom stereocenters. The summed E-state index contributed by atoms with van der Waals surface area (Å²) in [6.07, 6.45) is 1.94. The van der Waals surface area contributed by atoms with Crippen LogP contribution in [0.3, 0.4) is 0 Å². The summed E-state index contributed by atoms with van der Waals surface area (Å²) in [6, 6.07) is 15.5. The van der Waals surface area contributed by atoms with Crippen molar-refractivity contribution in [2.45, 2.75) is 25.5 Å². The fourth-order valence-corrected chi connectivity index (χ4v) is 5.98. The number of methoxy groups -OCH3 is 1. The number of hydrogen-bond donors (Lipinski definition) is 2. The topological polar surface area (TPSA) is 132 Å². The Labute approximate surface area is 220 Å². The maximum Gasteiger partial charge on any atom is 0.251 e. The number of carbonyl (C=O) groups excluding carboxylic acids is 1. The van der Waals surface area contributed by atoms with E-state index in [4.69, 9.17) is 14.2 Å². The van der Waals surface area contributed by atoms with Gasteiger partial charge in [-0.1, -0.05) is 0 Å². The maximum absolute atomic E-state index is 12.6. The number of nitrogens with one attached hydrogen (secondary N) is 2. The van der Waals surface area contributed by atoms with E-state index in [1.165, 1.54) is 0 Å². The first-order chi connectivity index (χ1) is 18.3. The molecule has 1 amide bonds. The first-order valence-corrected chi connectivity index (χ1v) is 14.0. The molecular formula is C27H28N4O6S. The number of fused-ring (bicyclic) bond motifs is 1. The molecule has 0 saturated carbocycles. The quantitative estimate of drug-likeness (QED) is 0.331. The van der Waals surface area contributed by atoms with Crippen LogP contribution >= 0.6 is 0 Å². The number of sulfone groups is 1. The molecule has 2 N–H and O–H groups in total. The number of aromatic nitrogens is 3. The number of carbonyl (C=O) groups is 1. The van der Waals surface area contributed by atoms with E-state index in [0.29, 0.717) is 47.3 Å². The third-order valence-electron chi connectivity index (χ3n) is 6.07. The van der Waals surface area contributed by atoms with Gasteiger partial charge in [-0.25, -0.2) is 18.4 Å². The Balaban J connectivity index is 1.36. The van der Waals surface area contributed by atoms with E-state index in [0.717, 1.165) is 11.1 Å². The van der Waals surface area contributed by atoms with Gasteiger partial charge in [-0.15, -0.1) is 0 Å². The van der Waals surface area contributed by atoms with E-state index in [2.05, 4.69) is 20.3 Å². The molecule has 5 rings (SSSR count). The molecule has 2 atom stereocenters. The maximum atomic E-state index is 12.6. The van der Waals surface area contributed by atoms with Crippen molar-refractivity contribution in [1.29, 1.82) is 0 Å². The van der Waals surface area contributed by atoms with Gasteiger partial charge in [0, 0.05) is 36.5 Å². The second-order valence-electron chi connectivity index (χ2n) is 9.23. The molecule has 1 saturated heterocycles. The number of nitrogens with zero attached hydrogens (tertiary/aromatic N) is 2. The molecule has 1 aliphatic rings. The highest BCUT2D eigenvalue weighted by molar-refractivity contribution is 7.91. The third-order valence-corrected chi connectivity index (χ3v) is 7.84. The Morgan fingerprint density at radius 1 is 1.13 bits per heavy atom. The Kier molecular flexibility index (Phi) is 7.30. The van der Waals surface area contributed by atoms with Crippen LogP contribution in [0.15, 0.2) is 60.8 Å². The number of imidazole rings is 1. The zero-order chi connectivity index (χ0) is 26.7. The molecule has 0 aliphatic carbocycles. The summed E-state index contributed by atoms with van der Waals surface area (Å²) in [7, 11) is -1.46. The second-order valence-corrected chi connectivity index (χ2v) is 11.5. The van der Waals surface area contributed by atoms with Gasteiger partial charge in [0.25, 0.3) is 5.91 Å². The van der Waals surface area contributed by atoms with Crippen LogP contribution in [0.2, 0.25) is 0 Å². The van der Waals surface area contributed by atoms with Crippen molar-refractivity contribution >= 4 is 26.9 Å². The van der Waals surface area contributed by atoms with Crippen LogP contribution in [0.1, 0.15) is 23.7 Å². The normalized spacial score (nSPS) is 17.3. The van der Waals surface area contributed by atoms with E-state index in [-0.39, 0.29) is 29.6 Å². The van der Waals surface area contributed by atoms with Crippen molar-refractivity contribution in [3.63, 3.8) is 0 Å².